The number of ether oxygens (including phenoxy) is 3. The highest BCUT2D eigenvalue weighted by molar-refractivity contribution is 5.77. The van der Waals surface area contributed by atoms with Crippen LogP contribution in [0.2, 0.25) is 0 Å². The summed E-state index contributed by atoms with van der Waals surface area (Å²) in [7, 11) is 0. The van der Waals surface area contributed by atoms with Crippen molar-refractivity contribution in [3.8, 4) is 17.3 Å². The molecule has 0 aliphatic heterocycles. The molecule has 0 saturated heterocycles. The lowest BCUT2D eigenvalue weighted by Gasteiger charge is -2.18. The molecule has 0 atom stereocenters. The van der Waals surface area contributed by atoms with Gasteiger partial charge in [0.2, 0.25) is 5.88 Å². The quantitative estimate of drug-likeness (QED) is 0.233. The van der Waals surface area contributed by atoms with Crippen LogP contribution in [0.25, 0.3) is 22.4 Å². The van der Waals surface area contributed by atoms with Gasteiger partial charge in [-0.25, -0.2) is 24.6 Å². The van der Waals surface area contributed by atoms with Crippen LogP contribution in [0.4, 0.5) is 5.69 Å². The summed E-state index contributed by atoms with van der Waals surface area (Å²) in [5, 5.41) is 5.38. The van der Waals surface area contributed by atoms with E-state index in [1.54, 1.807) is 18.7 Å². The number of nitrogens with zero attached hydrogens (tertiary/aromatic N) is 6. The molecular weight excluding hydrogens is 458 g/mol. The molecule has 3 heterocycles. The Kier molecular flexibility index (Phi) is 7.33. The second-order valence-electron chi connectivity index (χ2n) is 8.66. The molecule has 36 heavy (non-hydrogen) atoms. The lowest BCUT2D eigenvalue weighted by atomic mass is 10.1. The zero-order valence-electron chi connectivity index (χ0n) is 20.6. The molecule has 10 heteroatoms. The molecule has 1 fully saturated rings. The van der Waals surface area contributed by atoms with Gasteiger partial charge in [0.25, 0.3) is 0 Å². The zero-order valence-corrected chi connectivity index (χ0v) is 20.6. The molecule has 2 N–H and O–H groups in total. The smallest absolute Gasteiger partial charge is 0.228 e. The number of nitrogen functional groups attached to an aromatic ring is 1. The first kappa shape index (κ1) is 24.1. The number of hydrogen-bond acceptors (Lipinski definition) is 9. The molecule has 10 nitrogen and oxygen atoms in total. The van der Waals surface area contributed by atoms with Crippen LogP contribution in [0.1, 0.15) is 50.3 Å². The van der Waals surface area contributed by atoms with Crippen LogP contribution >= 0.6 is 0 Å². The third-order valence-corrected chi connectivity index (χ3v) is 6.08. The van der Waals surface area contributed by atoms with E-state index in [2.05, 4.69) is 20.1 Å². The van der Waals surface area contributed by atoms with Crippen molar-refractivity contribution in [1.29, 1.82) is 0 Å². The van der Waals surface area contributed by atoms with E-state index >= 15 is 0 Å². The van der Waals surface area contributed by atoms with E-state index in [4.69, 9.17) is 24.9 Å². The van der Waals surface area contributed by atoms with Gasteiger partial charge in [-0.05, 0) is 38.3 Å². The standard InChI is InChI=1S/C26H31N7O3/c1-3-34-21(35-4-2)11-12-36-26-22(23(17-9-10-17)29-16-30-26)24-28-13-19-14-31-33(25(19)32-24)15-18-7-5-6-8-20(18)27/h5-8,13-14,16-17,21H,3-4,9-12,15,27H2,1-2H3. The van der Waals surface area contributed by atoms with Crippen LogP contribution in [0.3, 0.4) is 0 Å². The Bertz CT molecular complexity index is 1320. The molecule has 1 aliphatic rings. The zero-order chi connectivity index (χ0) is 24.9. The largest absolute Gasteiger partial charge is 0.477 e. The van der Waals surface area contributed by atoms with Crippen molar-refractivity contribution >= 4 is 16.7 Å². The van der Waals surface area contributed by atoms with E-state index in [0.29, 0.717) is 56.1 Å². The topological polar surface area (TPSA) is 123 Å². The highest BCUT2D eigenvalue weighted by Gasteiger charge is 2.31. The molecule has 1 aliphatic carbocycles. The Labute approximate surface area is 209 Å². The van der Waals surface area contributed by atoms with Gasteiger partial charge in [0, 0.05) is 37.4 Å². The number of anilines is 1. The summed E-state index contributed by atoms with van der Waals surface area (Å²) in [5.74, 6) is 1.35. The molecule has 0 radical (unpaired) electrons. The van der Waals surface area contributed by atoms with Crippen molar-refractivity contribution in [2.24, 2.45) is 0 Å². The molecule has 0 unspecified atom stereocenters. The van der Waals surface area contributed by atoms with Crippen LogP contribution in [0.15, 0.2) is 43.0 Å². The molecule has 4 aromatic rings. The first-order chi connectivity index (χ1) is 17.7. The van der Waals surface area contributed by atoms with Crippen molar-refractivity contribution in [2.75, 3.05) is 25.6 Å². The molecule has 0 amide bonds. The normalized spacial score (nSPS) is 13.5. The molecular formula is C26H31N7O3. The van der Waals surface area contributed by atoms with Gasteiger partial charge in [0.15, 0.2) is 17.8 Å². The Hall–Kier alpha value is -3.63. The van der Waals surface area contributed by atoms with Crippen LogP contribution in [-0.4, -0.2) is 55.8 Å². The van der Waals surface area contributed by atoms with Gasteiger partial charge in [-0.2, -0.15) is 5.10 Å². The fourth-order valence-electron chi connectivity index (χ4n) is 4.15. The SMILES string of the molecule is CCOC(CCOc1ncnc(C2CC2)c1-c1ncc2cnn(Cc3ccccc3N)c2n1)OCC. The second kappa shape index (κ2) is 11.0. The number of nitrogens with two attached hydrogens (primary N) is 1. The minimum atomic E-state index is -0.319. The predicted octanol–water partition coefficient (Wildman–Crippen LogP) is 3.96. The number of para-hydroxylation sites is 1. The maximum absolute atomic E-state index is 6.16. The van der Waals surface area contributed by atoms with Crippen molar-refractivity contribution in [1.82, 2.24) is 29.7 Å². The van der Waals surface area contributed by atoms with Crippen LogP contribution < -0.4 is 10.5 Å². The van der Waals surface area contributed by atoms with Crippen LogP contribution in [0, 0.1) is 0 Å². The second-order valence-corrected chi connectivity index (χ2v) is 8.66. The molecule has 0 spiro atoms. The summed E-state index contributed by atoms with van der Waals surface area (Å²) >= 11 is 0. The highest BCUT2D eigenvalue weighted by Crippen LogP contribution is 2.45. The van der Waals surface area contributed by atoms with Crippen LogP contribution in [0.5, 0.6) is 5.88 Å². The average molecular weight is 490 g/mol. The van der Waals surface area contributed by atoms with Gasteiger partial charge in [0.05, 0.1) is 30.4 Å². The third-order valence-electron chi connectivity index (χ3n) is 6.08. The van der Waals surface area contributed by atoms with Gasteiger partial charge in [-0.3, -0.25) is 0 Å². The summed E-state index contributed by atoms with van der Waals surface area (Å²) < 4.78 is 19.3. The molecule has 5 rings (SSSR count). The Morgan fingerprint density at radius 2 is 1.86 bits per heavy atom. The van der Waals surface area contributed by atoms with E-state index in [1.165, 1.54) is 0 Å². The summed E-state index contributed by atoms with van der Waals surface area (Å²) in [4.78, 5) is 18.6. The maximum atomic E-state index is 6.16. The Morgan fingerprint density at radius 3 is 2.61 bits per heavy atom. The van der Waals surface area contributed by atoms with Gasteiger partial charge in [-0.1, -0.05) is 18.2 Å². The van der Waals surface area contributed by atoms with E-state index in [9.17, 15) is 0 Å². The van der Waals surface area contributed by atoms with Gasteiger partial charge in [0.1, 0.15) is 11.9 Å². The van der Waals surface area contributed by atoms with Crippen LogP contribution in [-0.2, 0) is 16.0 Å². The first-order valence-corrected chi connectivity index (χ1v) is 12.4. The lowest BCUT2D eigenvalue weighted by molar-refractivity contribution is -0.142. The Morgan fingerprint density at radius 1 is 1.06 bits per heavy atom. The average Bonchev–Trinajstić information content (AvgIpc) is 3.66. The molecule has 0 bridgehead atoms. The number of hydrogen-bond donors (Lipinski definition) is 1. The molecule has 1 saturated carbocycles. The van der Waals surface area contributed by atoms with Crippen molar-refractivity contribution < 1.29 is 14.2 Å². The summed E-state index contributed by atoms with van der Waals surface area (Å²) in [6.07, 6.45) is 7.51. The number of aromatic nitrogens is 6. The van der Waals surface area contributed by atoms with E-state index < -0.39 is 0 Å². The lowest BCUT2D eigenvalue weighted by Crippen LogP contribution is -2.20. The van der Waals surface area contributed by atoms with Crippen molar-refractivity contribution in [3.63, 3.8) is 0 Å². The van der Waals surface area contributed by atoms with Gasteiger partial charge in [-0.15, -0.1) is 0 Å². The molecule has 1 aromatic carbocycles. The van der Waals surface area contributed by atoms with E-state index in [0.717, 1.165) is 40.7 Å². The third kappa shape index (κ3) is 5.29. The summed E-state index contributed by atoms with van der Waals surface area (Å²) in [6.45, 7) is 5.93. The minimum absolute atomic E-state index is 0.319. The summed E-state index contributed by atoms with van der Waals surface area (Å²) in [5.41, 5.74) is 10.2. The van der Waals surface area contributed by atoms with Crippen molar-refractivity contribution in [2.45, 2.75) is 51.9 Å². The van der Waals surface area contributed by atoms with E-state index in [1.807, 2.05) is 42.8 Å². The Balaban J connectivity index is 1.46. The maximum Gasteiger partial charge on any atom is 0.228 e. The fourth-order valence-corrected chi connectivity index (χ4v) is 4.15. The highest BCUT2D eigenvalue weighted by atomic mass is 16.7. The first-order valence-electron chi connectivity index (χ1n) is 12.4. The van der Waals surface area contributed by atoms with Crippen molar-refractivity contribution in [3.05, 3.63) is 54.2 Å². The van der Waals surface area contributed by atoms with Gasteiger partial charge >= 0.3 is 0 Å². The summed E-state index contributed by atoms with van der Waals surface area (Å²) in [6, 6.07) is 7.76. The van der Waals surface area contributed by atoms with Gasteiger partial charge < -0.3 is 19.9 Å². The number of rotatable bonds is 12. The predicted molar refractivity (Wildman–Crippen MR) is 135 cm³/mol. The fraction of sp³-hybridized carbons (Fsp3) is 0.423. The molecule has 188 valence electrons. The monoisotopic (exact) mass is 489 g/mol. The molecule has 3 aromatic heterocycles. The number of benzene rings is 1. The number of fused-ring (bicyclic) bond motifs is 1. The minimum Gasteiger partial charge on any atom is -0.477 e. The van der Waals surface area contributed by atoms with E-state index in [-0.39, 0.29) is 6.29 Å².